The smallest absolute Gasteiger partial charge is 0.334 e. The molecule has 0 aliphatic heterocycles. The Bertz CT molecular complexity index is 845. The Kier molecular flexibility index (Phi) is 7.29. The third-order valence-corrected chi connectivity index (χ3v) is 5.46. The highest BCUT2D eigenvalue weighted by atomic mass is 32.1. The number of carbonyl (C=O) groups is 1. The maximum absolute atomic E-state index is 11.3. The molecule has 0 radical (unpaired) electrons. The van der Waals surface area contributed by atoms with E-state index in [4.69, 9.17) is 4.74 Å². The third-order valence-electron chi connectivity index (χ3n) is 3.43. The van der Waals surface area contributed by atoms with Crippen molar-refractivity contribution in [2.45, 2.75) is 26.7 Å². The normalized spacial score (nSPS) is 12.8. The van der Waals surface area contributed by atoms with Crippen LogP contribution < -0.4 is 0 Å². The van der Waals surface area contributed by atoms with Crippen LogP contribution in [0.15, 0.2) is 40.3 Å². The summed E-state index contributed by atoms with van der Waals surface area (Å²) in [6.45, 7) is 6.13. The van der Waals surface area contributed by atoms with Crippen LogP contribution in [-0.2, 0) is 14.3 Å². The van der Waals surface area contributed by atoms with Crippen molar-refractivity contribution in [2.24, 2.45) is 0 Å². The van der Waals surface area contributed by atoms with Gasteiger partial charge < -0.3 is 9.47 Å². The minimum Gasteiger partial charge on any atom is -0.496 e. The van der Waals surface area contributed by atoms with Crippen LogP contribution in [0.2, 0.25) is 0 Å². The van der Waals surface area contributed by atoms with Crippen molar-refractivity contribution >= 4 is 34.7 Å². The summed E-state index contributed by atoms with van der Waals surface area (Å²) >= 11 is 3.24. The van der Waals surface area contributed by atoms with E-state index in [0.29, 0.717) is 11.7 Å². The highest BCUT2D eigenvalue weighted by Gasteiger charge is 2.10. The van der Waals surface area contributed by atoms with E-state index < -0.39 is 5.97 Å². The molecule has 0 spiro atoms. The fraction of sp³-hybridized carbons (Fsp3) is 0.316. The average molecular weight is 391 g/mol. The van der Waals surface area contributed by atoms with Crippen LogP contribution in [0.3, 0.4) is 0 Å². The zero-order valence-electron chi connectivity index (χ0n) is 15.5. The predicted octanol–water partition coefficient (Wildman–Crippen LogP) is 5.05. The average Bonchev–Trinajstić information content (AvgIpc) is 3.28. The summed E-state index contributed by atoms with van der Waals surface area (Å²) < 4.78 is 9.82. The molecule has 0 unspecified atom stereocenters. The van der Waals surface area contributed by atoms with Crippen LogP contribution >= 0.6 is 22.7 Å². The van der Waals surface area contributed by atoms with Gasteiger partial charge in [0.1, 0.15) is 16.5 Å². The minimum absolute atomic E-state index is 0.425. The topological polar surface area (TPSA) is 61.3 Å². The highest BCUT2D eigenvalue weighted by molar-refractivity contribution is 7.14. The SMILES string of the molecule is COC(=O)\C=C(OC)/C(C)=C/C=C/c1csc(-c2csc(C(C)C)n2)n1. The maximum atomic E-state index is 11.3. The molecular weight excluding hydrogens is 368 g/mol. The van der Waals surface area contributed by atoms with Crippen molar-refractivity contribution in [3.05, 3.63) is 51.0 Å². The lowest BCUT2D eigenvalue weighted by atomic mass is 10.2. The molecule has 138 valence electrons. The highest BCUT2D eigenvalue weighted by Crippen LogP contribution is 2.28. The third kappa shape index (κ3) is 5.37. The van der Waals surface area contributed by atoms with Gasteiger partial charge in [-0.05, 0) is 18.6 Å². The Morgan fingerprint density at radius 2 is 1.92 bits per heavy atom. The van der Waals surface area contributed by atoms with Gasteiger partial charge in [0, 0.05) is 16.7 Å². The van der Waals surface area contributed by atoms with E-state index in [9.17, 15) is 4.79 Å². The van der Waals surface area contributed by atoms with Crippen LogP contribution in [0.25, 0.3) is 16.8 Å². The van der Waals surface area contributed by atoms with E-state index in [2.05, 4.69) is 28.6 Å². The van der Waals surface area contributed by atoms with E-state index in [1.165, 1.54) is 20.3 Å². The van der Waals surface area contributed by atoms with Gasteiger partial charge in [-0.15, -0.1) is 22.7 Å². The molecule has 0 N–H and O–H groups in total. The van der Waals surface area contributed by atoms with Crippen molar-refractivity contribution in [3.63, 3.8) is 0 Å². The Labute approximate surface area is 161 Å². The minimum atomic E-state index is -0.452. The number of carbonyl (C=O) groups excluding carboxylic acids is 1. The van der Waals surface area contributed by atoms with Gasteiger partial charge in [-0.2, -0.15) is 0 Å². The first kappa shape index (κ1) is 20.1. The number of thiazole rings is 2. The number of nitrogens with zero attached hydrogens (tertiary/aromatic N) is 2. The zero-order chi connectivity index (χ0) is 19.1. The monoisotopic (exact) mass is 390 g/mol. The standard InChI is InChI=1S/C19H22N2O3S2/c1-12(2)18-21-15(11-26-18)19-20-14(10-25-19)8-6-7-13(3)16(23-4)9-17(22)24-5/h6-12H,1-5H3/b8-6+,13-7+,16-9+. The van der Waals surface area contributed by atoms with Gasteiger partial charge in [0.2, 0.25) is 0 Å². The number of aromatic nitrogens is 2. The second kappa shape index (κ2) is 9.45. The molecule has 0 atom stereocenters. The fourth-order valence-electron chi connectivity index (χ4n) is 2.00. The fourth-order valence-corrected chi connectivity index (χ4v) is 3.65. The summed E-state index contributed by atoms with van der Waals surface area (Å²) in [6, 6.07) is 0. The van der Waals surface area contributed by atoms with E-state index in [1.54, 1.807) is 22.7 Å². The lowest BCUT2D eigenvalue weighted by Gasteiger charge is -2.04. The lowest BCUT2D eigenvalue weighted by molar-refractivity contribution is -0.135. The molecule has 0 aliphatic rings. The van der Waals surface area contributed by atoms with E-state index >= 15 is 0 Å². The van der Waals surface area contributed by atoms with Crippen molar-refractivity contribution in [1.82, 2.24) is 9.97 Å². The molecule has 0 saturated carbocycles. The van der Waals surface area contributed by atoms with Crippen molar-refractivity contribution in [2.75, 3.05) is 14.2 Å². The largest absolute Gasteiger partial charge is 0.496 e. The first-order chi connectivity index (χ1) is 12.4. The summed E-state index contributed by atoms with van der Waals surface area (Å²) in [5.41, 5.74) is 2.60. The second-order valence-corrected chi connectivity index (χ2v) is 7.50. The van der Waals surface area contributed by atoms with Crippen LogP contribution in [-0.4, -0.2) is 30.2 Å². The second-order valence-electron chi connectivity index (χ2n) is 5.75. The van der Waals surface area contributed by atoms with Crippen LogP contribution in [0, 0.1) is 0 Å². The number of methoxy groups -OCH3 is 2. The van der Waals surface area contributed by atoms with Crippen molar-refractivity contribution < 1.29 is 14.3 Å². The molecule has 2 rings (SSSR count). The molecule has 0 bridgehead atoms. The first-order valence-corrected chi connectivity index (χ1v) is 9.80. The van der Waals surface area contributed by atoms with E-state index in [0.717, 1.165) is 27.0 Å². The molecule has 2 aromatic rings. The number of hydrogen-bond donors (Lipinski definition) is 0. The molecule has 0 fully saturated rings. The van der Waals surface area contributed by atoms with Gasteiger partial charge in [0.15, 0.2) is 0 Å². The summed E-state index contributed by atoms with van der Waals surface area (Å²) in [4.78, 5) is 20.6. The van der Waals surface area contributed by atoms with Crippen LogP contribution in [0.1, 0.15) is 37.4 Å². The zero-order valence-corrected chi connectivity index (χ0v) is 17.1. The van der Waals surface area contributed by atoms with Gasteiger partial charge >= 0.3 is 5.97 Å². The number of rotatable bonds is 7. The lowest BCUT2D eigenvalue weighted by Crippen LogP contribution is -1.99. The first-order valence-electron chi connectivity index (χ1n) is 8.05. The maximum Gasteiger partial charge on any atom is 0.334 e. The number of allylic oxidation sites excluding steroid dienone is 3. The molecule has 0 amide bonds. The molecule has 2 aromatic heterocycles. The summed E-state index contributed by atoms with van der Waals surface area (Å²) in [6.07, 6.45) is 6.95. The van der Waals surface area contributed by atoms with Gasteiger partial charge in [-0.1, -0.05) is 26.0 Å². The summed E-state index contributed by atoms with van der Waals surface area (Å²) in [7, 11) is 2.85. The quantitative estimate of drug-likeness (QED) is 0.286. The van der Waals surface area contributed by atoms with Gasteiger partial charge in [-0.3, -0.25) is 0 Å². The number of hydrogen-bond acceptors (Lipinski definition) is 7. The molecule has 5 nitrogen and oxygen atoms in total. The predicted molar refractivity (Wildman–Crippen MR) is 107 cm³/mol. The molecule has 2 heterocycles. The van der Waals surface area contributed by atoms with Gasteiger partial charge in [0.05, 0.1) is 31.0 Å². The van der Waals surface area contributed by atoms with E-state index in [1.807, 2.05) is 35.9 Å². The number of esters is 1. The van der Waals surface area contributed by atoms with E-state index in [-0.39, 0.29) is 0 Å². The molecule has 26 heavy (non-hydrogen) atoms. The van der Waals surface area contributed by atoms with Crippen LogP contribution in [0.4, 0.5) is 0 Å². The van der Waals surface area contributed by atoms with Gasteiger partial charge in [0.25, 0.3) is 0 Å². The van der Waals surface area contributed by atoms with Crippen molar-refractivity contribution in [3.8, 4) is 10.7 Å². The summed E-state index contributed by atoms with van der Waals surface area (Å²) in [5, 5.41) is 6.08. The molecular formula is C19H22N2O3S2. The Morgan fingerprint density at radius 1 is 1.15 bits per heavy atom. The van der Waals surface area contributed by atoms with Crippen molar-refractivity contribution in [1.29, 1.82) is 0 Å². The number of ether oxygens (including phenoxy) is 2. The molecule has 0 aromatic carbocycles. The van der Waals surface area contributed by atoms with Gasteiger partial charge in [-0.25, -0.2) is 14.8 Å². The van der Waals surface area contributed by atoms with Crippen LogP contribution in [0.5, 0.6) is 0 Å². The Balaban J connectivity index is 2.10. The Morgan fingerprint density at radius 3 is 2.54 bits per heavy atom. The molecule has 0 saturated heterocycles. The Hall–Kier alpha value is -2.25. The summed E-state index contributed by atoms with van der Waals surface area (Å²) in [5.74, 6) is 0.435. The molecule has 7 heteroatoms. The molecule has 0 aliphatic carbocycles.